The summed E-state index contributed by atoms with van der Waals surface area (Å²) in [6.45, 7) is 0.334. The maximum Gasteiger partial charge on any atom is 0.255 e. The van der Waals surface area contributed by atoms with Crippen LogP contribution < -0.4 is 25.8 Å². The third kappa shape index (κ3) is 6.82. The second-order valence-electron chi connectivity index (χ2n) is 4.02. The van der Waals surface area contributed by atoms with Crippen LogP contribution in [-0.4, -0.2) is 39.1 Å². The monoisotopic (exact) mass is 317 g/mol. The van der Waals surface area contributed by atoms with Crippen LogP contribution in [-0.2, 0) is 9.59 Å². The fraction of sp³-hybridized carbons (Fsp3) is 0.385. The molecular weight excluding hydrogens is 298 g/mol. The van der Waals surface area contributed by atoms with E-state index in [2.05, 4.69) is 10.6 Å². The first-order chi connectivity index (χ1) is 9.56. The summed E-state index contributed by atoms with van der Waals surface area (Å²) in [5.74, 6) is 0.0954. The highest BCUT2D eigenvalue weighted by Crippen LogP contribution is 2.30. The van der Waals surface area contributed by atoms with Gasteiger partial charge >= 0.3 is 0 Å². The summed E-state index contributed by atoms with van der Waals surface area (Å²) in [5, 5.41) is 5.62. The molecule has 0 radical (unpaired) electrons. The maximum absolute atomic E-state index is 11.6. The summed E-state index contributed by atoms with van der Waals surface area (Å²) in [7, 11) is 3.26. The molecule has 0 fully saturated rings. The Morgan fingerprint density at radius 1 is 1.29 bits per heavy atom. The molecule has 8 heteroatoms. The minimum absolute atomic E-state index is 0. The highest BCUT2D eigenvalue weighted by Gasteiger charge is 2.09. The second-order valence-corrected chi connectivity index (χ2v) is 4.02. The number of anilines is 1. The number of methoxy groups -OCH3 is 1. The summed E-state index contributed by atoms with van der Waals surface area (Å²) in [6, 6.07) is 4.91. The van der Waals surface area contributed by atoms with Gasteiger partial charge in [0.2, 0.25) is 5.91 Å². The number of carbonyl (C=O) groups excluding carboxylic acids is 2. The van der Waals surface area contributed by atoms with Gasteiger partial charge in [-0.05, 0) is 19.2 Å². The number of hydrogen-bond donors (Lipinski definition) is 3. The largest absolute Gasteiger partial charge is 0.493 e. The zero-order chi connectivity index (χ0) is 15.0. The van der Waals surface area contributed by atoms with Gasteiger partial charge in [-0.25, -0.2) is 0 Å². The van der Waals surface area contributed by atoms with Crippen molar-refractivity contribution in [2.45, 2.75) is 6.42 Å². The van der Waals surface area contributed by atoms with Crippen molar-refractivity contribution in [2.24, 2.45) is 5.73 Å². The number of carbonyl (C=O) groups is 2. The number of ether oxygens (including phenoxy) is 2. The van der Waals surface area contributed by atoms with E-state index in [1.807, 2.05) is 0 Å². The smallest absolute Gasteiger partial charge is 0.255 e. The topological polar surface area (TPSA) is 103 Å². The lowest BCUT2D eigenvalue weighted by Crippen LogP contribution is -2.20. The zero-order valence-electron chi connectivity index (χ0n) is 12.0. The van der Waals surface area contributed by atoms with Crippen LogP contribution in [0.15, 0.2) is 18.2 Å². The van der Waals surface area contributed by atoms with Gasteiger partial charge in [-0.15, -0.1) is 12.4 Å². The van der Waals surface area contributed by atoms with Crippen molar-refractivity contribution in [1.29, 1.82) is 0 Å². The van der Waals surface area contributed by atoms with Crippen LogP contribution in [0.3, 0.4) is 0 Å². The van der Waals surface area contributed by atoms with Crippen molar-refractivity contribution in [3.05, 3.63) is 18.2 Å². The van der Waals surface area contributed by atoms with Gasteiger partial charge in [0.15, 0.2) is 18.1 Å². The fourth-order valence-electron chi connectivity index (χ4n) is 1.48. The molecule has 1 rings (SSSR count). The van der Waals surface area contributed by atoms with E-state index in [9.17, 15) is 9.59 Å². The summed E-state index contributed by atoms with van der Waals surface area (Å²) in [6.07, 6.45) is 0.361. The average molecular weight is 318 g/mol. The van der Waals surface area contributed by atoms with E-state index in [-0.39, 0.29) is 24.9 Å². The number of amides is 2. The second kappa shape index (κ2) is 9.84. The predicted octanol–water partition coefficient (Wildman–Crippen LogP) is 0.529. The van der Waals surface area contributed by atoms with Gasteiger partial charge in [0.1, 0.15) is 0 Å². The fourth-order valence-corrected chi connectivity index (χ4v) is 1.48. The van der Waals surface area contributed by atoms with Crippen LogP contribution in [0.1, 0.15) is 6.42 Å². The van der Waals surface area contributed by atoms with Crippen molar-refractivity contribution >= 4 is 29.9 Å². The number of primary amides is 1. The van der Waals surface area contributed by atoms with Crippen LogP contribution in [0.2, 0.25) is 0 Å². The minimum Gasteiger partial charge on any atom is -0.493 e. The molecule has 0 heterocycles. The van der Waals surface area contributed by atoms with Crippen LogP contribution in [0.25, 0.3) is 0 Å². The Labute approximate surface area is 129 Å². The van der Waals surface area contributed by atoms with Crippen molar-refractivity contribution in [1.82, 2.24) is 5.32 Å². The molecule has 1 aromatic carbocycles. The van der Waals surface area contributed by atoms with Gasteiger partial charge < -0.3 is 25.8 Å². The minimum atomic E-state index is -0.587. The van der Waals surface area contributed by atoms with E-state index in [1.54, 1.807) is 25.2 Å². The van der Waals surface area contributed by atoms with E-state index >= 15 is 0 Å². The van der Waals surface area contributed by atoms with Gasteiger partial charge in [0.25, 0.3) is 5.91 Å². The first kappa shape index (κ1) is 19.0. The zero-order valence-corrected chi connectivity index (χ0v) is 12.8. The molecule has 1 aromatic rings. The van der Waals surface area contributed by atoms with E-state index in [1.165, 1.54) is 7.11 Å². The summed E-state index contributed by atoms with van der Waals surface area (Å²) >= 11 is 0. The first-order valence-corrected chi connectivity index (χ1v) is 6.10. The molecule has 0 saturated heterocycles. The molecule has 118 valence electrons. The van der Waals surface area contributed by atoms with Crippen molar-refractivity contribution in [3.63, 3.8) is 0 Å². The Hall–Kier alpha value is -1.99. The highest BCUT2D eigenvalue weighted by molar-refractivity contribution is 5.91. The quantitative estimate of drug-likeness (QED) is 0.649. The van der Waals surface area contributed by atoms with E-state index in [0.717, 1.165) is 0 Å². The molecule has 0 unspecified atom stereocenters. The van der Waals surface area contributed by atoms with E-state index < -0.39 is 5.91 Å². The number of hydrogen-bond acceptors (Lipinski definition) is 5. The van der Waals surface area contributed by atoms with Crippen LogP contribution >= 0.6 is 12.4 Å². The Balaban J connectivity index is 0.00000400. The lowest BCUT2D eigenvalue weighted by molar-refractivity contribution is -0.120. The molecule has 0 bridgehead atoms. The molecule has 0 saturated carbocycles. The summed E-state index contributed by atoms with van der Waals surface area (Å²) < 4.78 is 10.3. The lowest BCUT2D eigenvalue weighted by atomic mass is 10.2. The highest BCUT2D eigenvalue weighted by atomic mass is 35.5. The van der Waals surface area contributed by atoms with Crippen LogP contribution in [0, 0.1) is 0 Å². The maximum atomic E-state index is 11.6. The molecular formula is C13H20ClN3O4. The molecule has 0 aliphatic rings. The molecule has 4 N–H and O–H groups in total. The molecule has 2 amide bonds. The van der Waals surface area contributed by atoms with E-state index in [4.69, 9.17) is 15.2 Å². The normalized spacial score (nSPS) is 9.43. The van der Waals surface area contributed by atoms with Gasteiger partial charge in [-0.2, -0.15) is 0 Å². The third-order valence-corrected chi connectivity index (χ3v) is 2.42. The van der Waals surface area contributed by atoms with Gasteiger partial charge in [0, 0.05) is 24.7 Å². The van der Waals surface area contributed by atoms with Crippen LogP contribution in [0.4, 0.5) is 5.69 Å². The molecule has 0 aliphatic carbocycles. The first-order valence-electron chi connectivity index (χ1n) is 6.10. The lowest BCUT2D eigenvalue weighted by Gasteiger charge is -2.12. The van der Waals surface area contributed by atoms with Crippen molar-refractivity contribution < 1.29 is 19.1 Å². The van der Waals surface area contributed by atoms with E-state index in [0.29, 0.717) is 30.2 Å². The van der Waals surface area contributed by atoms with Gasteiger partial charge in [0.05, 0.1) is 7.11 Å². The molecule has 0 aliphatic heterocycles. The Morgan fingerprint density at radius 2 is 2.00 bits per heavy atom. The number of nitrogens with one attached hydrogen (secondary N) is 2. The molecule has 0 atom stereocenters. The van der Waals surface area contributed by atoms with Gasteiger partial charge in [-0.3, -0.25) is 9.59 Å². The Kier molecular flexibility index (Phi) is 8.91. The molecule has 7 nitrogen and oxygen atoms in total. The summed E-state index contributed by atoms with van der Waals surface area (Å²) in [5.41, 5.74) is 5.59. The standard InChI is InChI=1S/C13H19N3O4.ClH/c1-15-6-5-13(18)16-9-3-4-10(19-2)11(7-9)20-8-12(14)17;/h3-4,7,15H,5-6,8H2,1-2H3,(H2,14,17)(H,16,18);1H. The Morgan fingerprint density at radius 3 is 2.57 bits per heavy atom. The number of benzene rings is 1. The number of halogens is 1. The van der Waals surface area contributed by atoms with Crippen molar-refractivity contribution in [3.8, 4) is 11.5 Å². The number of nitrogens with two attached hydrogens (primary N) is 1. The molecule has 21 heavy (non-hydrogen) atoms. The van der Waals surface area contributed by atoms with Gasteiger partial charge in [-0.1, -0.05) is 0 Å². The Bertz CT molecular complexity index is 482. The van der Waals surface area contributed by atoms with Crippen molar-refractivity contribution in [2.75, 3.05) is 32.6 Å². The molecule has 0 spiro atoms. The third-order valence-electron chi connectivity index (χ3n) is 2.42. The number of rotatable bonds is 8. The van der Waals surface area contributed by atoms with Crippen LogP contribution in [0.5, 0.6) is 11.5 Å². The SMILES string of the molecule is CNCCC(=O)Nc1ccc(OC)c(OCC(N)=O)c1.Cl. The average Bonchev–Trinajstić information content (AvgIpc) is 2.43. The molecule has 0 aromatic heterocycles. The summed E-state index contributed by atoms with van der Waals surface area (Å²) in [4.78, 5) is 22.3. The predicted molar refractivity (Wildman–Crippen MR) is 82.1 cm³/mol.